The lowest BCUT2D eigenvalue weighted by Gasteiger charge is -2.16. The summed E-state index contributed by atoms with van der Waals surface area (Å²) in [6.07, 6.45) is 6.02. The number of rotatable bonds is 5. The standard InChI is InChI=1S/C23H21Cl2N3OS/c1-14-8-17(4-5-20(14)27-11-15(2)26-13-27)9-18-10-19(24)12-28(23(18)29)16(3)21-6-7-22(25)30-21/h4-8,10-13,16H,9H2,1-3H3/t16-/m0/s1. The predicted octanol–water partition coefficient (Wildman–Crippen LogP) is 6.22. The first-order chi connectivity index (χ1) is 14.3. The average molecular weight is 458 g/mol. The zero-order valence-corrected chi connectivity index (χ0v) is 19.2. The number of aryl methyl sites for hydroxylation is 2. The topological polar surface area (TPSA) is 39.8 Å². The Hall–Kier alpha value is -2.34. The zero-order chi connectivity index (χ0) is 21.4. The predicted molar refractivity (Wildman–Crippen MR) is 125 cm³/mol. The molecule has 4 nitrogen and oxygen atoms in total. The minimum absolute atomic E-state index is 0.0385. The molecule has 0 spiro atoms. The second-order valence-corrected chi connectivity index (χ2v) is 9.62. The van der Waals surface area contributed by atoms with E-state index in [1.165, 1.54) is 11.3 Å². The number of hydrogen-bond donors (Lipinski definition) is 0. The Morgan fingerprint density at radius 3 is 2.53 bits per heavy atom. The maximum atomic E-state index is 13.2. The molecule has 1 atom stereocenters. The fraction of sp³-hybridized carbons (Fsp3) is 0.217. The second-order valence-electron chi connectivity index (χ2n) is 7.43. The summed E-state index contributed by atoms with van der Waals surface area (Å²) in [5.74, 6) is 0. The molecule has 0 saturated carbocycles. The number of aromatic nitrogens is 3. The van der Waals surface area contributed by atoms with Crippen molar-refractivity contribution in [2.24, 2.45) is 0 Å². The van der Waals surface area contributed by atoms with Crippen molar-refractivity contribution >= 4 is 34.5 Å². The number of imidazole rings is 1. The molecular formula is C23H21Cl2N3OS. The third-order valence-corrected chi connectivity index (χ3v) is 6.76. The van der Waals surface area contributed by atoms with Gasteiger partial charge in [-0.2, -0.15) is 0 Å². The third kappa shape index (κ3) is 4.24. The van der Waals surface area contributed by atoms with Gasteiger partial charge in [0.2, 0.25) is 0 Å². The van der Waals surface area contributed by atoms with Crippen LogP contribution in [0.3, 0.4) is 0 Å². The van der Waals surface area contributed by atoms with Crippen LogP contribution in [0.4, 0.5) is 0 Å². The second kappa shape index (κ2) is 8.42. The summed E-state index contributed by atoms with van der Waals surface area (Å²) >= 11 is 13.9. The van der Waals surface area contributed by atoms with E-state index in [-0.39, 0.29) is 11.6 Å². The first kappa shape index (κ1) is 20.9. The summed E-state index contributed by atoms with van der Waals surface area (Å²) in [6.45, 7) is 6.01. The lowest BCUT2D eigenvalue weighted by Crippen LogP contribution is -2.26. The SMILES string of the molecule is Cc1cn(-c2ccc(Cc3cc(Cl)cn([C@@H](C)c4ccc(Cl)s4)c3=O)cc2C)cn1. The van der Waals surface area contributed by atoms with E-state index in [4.69, 9.17) is 23.2 Å². The van der Waals surface area contributed by atoms with Gasteiger partial charge in [0.05, 0.1) is 27.4 Å². The summed E-state index contributed by atoms with van der Waals surface area (Å²) in [4.78, 5) is 18.5. The summed E-state index contributed by atoms with van der Waals surface area (Å²) in [5.41, 5.74) is 4.86. The minimum atomic E-state index is -0.138. The first-order valence-corrected chi connectivity index (χ1v) is 11.2. The fourth-order valence-electron chi connectivity index (χ4n) is 3.62. The minimum Gasteiger partial charge on any atom is -0.306 e. The number of pyridine rings is 1. The van der Waals surface area contributed by atoms with Crippen LogP contribution < -0.4 is 5.56 Å². The van der Waals surface area contributed by atoms with Crippen molar-refractivity contribution in [2.75, 3.05) is 0 Å². The van der Waals surface area contributed by atoms with Crippen LogP contribution in [0, 0.1) is 13.8 Å². The highest BCUT2D eigenvalue weighted by atomic mass is 35.5. The molecule has 0 N–H and O–H groups in total. The van der Waals surface area contributed by atoms with Crippen molar-refractivity contribution in [2.45, 2.75) is 33.2 Å². The van der Waals surface area contributed by atoms with Gasteiger partial charge in [0.25, 0.3) is 5.56 Å². The van der Waals surface area contributed by atoms with E-state index >= 15 is 0 Å². The summed E-state index contributed by atoms with van der Waals surface area (Å²) in [5, 5.41) is 0.543. The lowest BCUT2D eigenvalue weighted by molar-refractivity contribution is 0.619. The Bertz CT molecular complexity index is 1270. The van der Waals surface area contributed by atoms with Gasteiger partial charge in [-0.1, -0.05) is 35.3 Å². The van der Waals surface area contributed by atoms with Crippen molar-refractivity contribution < 1.29 is 0 Å². The molecule has 4 aromatic rings. The van der Waals surface area contributed by atoms with Gasteiger partial charge in [-0.15, -0.1) is 11.3 Å². The quantitative estimate of drug-likeness (QED) is 0.356. The van der Waals surface area contributed by atoms with Crippen LogP contribution >= 0.6 is 34.5 Å². The third-order valence-electron chi connectivity index (χ3n) is 5.15. The van der Waals surface area contributed by atoms with E-state index in [1.807, 2.05) is 49.1 Å². The van der Waals surface area contributed by atoms with E-state index in [2.05, 4.69) is 24.0 Å². The van der Waals surface area contributed by atoms with Crippen molar-refractivity contribution in [3.05, 3.63) is 102 Å². The van der Waals surface area contributed by atoms with Crippen LogP contribution in [0.15, 0.2) is 59.9 Å². The van der Waals surface area contributed by atoms with Crippen LogP contribution in [-0.2, 0) is 6.42 Å². The van der Waals surface area contributed by atoms with Gasteiger partial charge in [-0.05, 0) is 56.2 Å². The molecule has 3 heterocycles. The van der Waals surface area contributed by atoms with Gasteiger partial charge in [-0.25, -0.2) is 4.98 Å². The Morgan fingerprint density at radius 1 is 1.10 bits per heavy atom. The van der Waals surface area contributed by atoms with Gasteiger partial charge >= 0.3 is 0 Å². The normalized spacial score (nSPS) is 12.3. The molecule has 4 rings (SSSR count). The van der Waals surface area contributed by atoms with E-state index in [1.54, 1.807) is 16.8 Å². The number of nitrogens with zero attached hydrogens (tertiary/aromatic N) is 3. The van der Waals surface area contributed by atoms with Crippen molar-refractivity contribution in [3.8, 4) is 5.69 Å². The molecule has 0 aliphatic heterocycles. The van der Waals surface area contributed by atoms with Crippen molar-refractivity contribution in [1.29, 1.82) is 0 Å². The Labute approximate surface area is 189 Å². The molecule has 0 aliphatic rings. The number of thiophene rings is 1. The van der Waals surface area contributed by atoms with Crippen LogP contribution in [0.25, 0.3) is 5.69 Å². The van der Waals surface area contributed by atoms with E-state index in [0.717, 1.165) is 27.4 Å². The molecule has 0 amide bonds. The van der Waals surface area contributed by atoms with Gasteiger partial charge < -0.3 is 9.13 Å². The monoisotopic (exact) mass is 457 g/mol. The lowest BCUT2D eigenvalue weighted by atomic mass is 10.0. The smallest absolute Gasteiger partial charge is 0.254 e. The first-order valence-electron chi connectivity index (χ1n) is 9.58. The number of hydrogen-bond acceptors (Lipinski definition) is 3. The maximum absolute atomic E-state index is 13.2. The van der Waals surface area contributed by atoms with E-state index < -0.39 is 0 Å². The molecule has 0 saturated heterocycles. The van der Waals surface area contributed by atoms with Crippen LogP contribution in [0.2, 0.25) is 9.36 Å². The highest BCUT2D eigenvalue weighted by molar-refractivity contribution is 7.16. The molecule has 7 heteroatoms. The Morgan fingerprint density at radius 2 is 1.90 bits per heavy atom. The summed E-state index contributed by atoms with van der Waals surface area (Å²) < 4.78 is 4.40. The Kier molecular flexibility index (Phi) is 5.87. The molecule has 0 fully saturated rings. The maximum Gasteiger partial charge on any atom is 0.254 e. The van der Waals surface area contributed by atoms with Gasteiger partial charge in [0, 0.05) is 34.9 Å². The molecular weight excluding hydrogens is 437 g/mol. The summed E-state index contributed by atoms with van der Waals surface area (Å²) in [6, 6.07) is 11.6. The molecule has 1 aromatic carbocycles. The highest BCUT2D eigenvalue weighted by Crippen LogP contribution is 2.29. The molecule has 3 aromatic heterocycles. The number of halogens is 2. The van der Waals surface area contributed by atoms with Crippen molar-refractivity contribution in [3.63, 3.8) is 0 Å². The van der Waals surface area contributed by atoms with Crippen LogP contribution in [0.5, 0.6) is 0 Å². The molecule has 0 aliphatic carbocycles. The van der Waals surface area contributed by atoms with Crippen LogP contribution in [-0.4, -0.2) is 14.1 Å². The fourth-order valence-corrected chi connectivity index (χ4v) is 4.97. The Balaban J connectivity index is 1.66. The summed E-state index contributed by atoms with van der Waals surface area (Å²) in [7, 11) is 0. The molecule has 0 bridgehead atoms. The molecule has 30 heavy (non-hydrogen) atoms. The molecule has 0 radical (unpaired) electrons. The van der Waals surface area contributed by atoms with Gasteiger partial charge in [0.15, 0.2) is 0 Å². The number of benzene rings is 1. The van der Waals surface area contributed by atoms with Crippen LogP contribution in [0.1, 0.15) is 40.2 Å². The molecule has 0 unspecified atom stereocenters. The largest absolute Gasteiger partial charge is 0.306 e. The van der Waals surface area contributed by atoms with E-state index in [9.17, 15) is 4.79 Å². The molecule has 154 valence electrons. The highest BCUT2D eigenvalue weighted by Gasteiger charge is 2.16. The van der Waals surface area contributed by atoms with Gasteiger partial charge in [-0.3, -0.25) is 4.79 Å². The van der Waals surface area contributed by atoms with E-state index in [0.29, 0.717) is 21.3 Å². The van der Waals surface area contributed by atoms with Gasteiger partial charge in [0.1, 0.15) is 0 Å². The average Bonchev–Trinajstić information content (AvgIpc) is 3.32. The zero-order valence-electron chi connectivity index (χ0n) is 16.9. The van der Waals surface area contributed by atoms with Crippen molar-refractivity contribution in [1.82, 2.24) is 14.1 Å².